The van der Waals surface area contributed by atoms with Crippen LogP contribution in [0.15, 0.2) is 5.38 Å². The summed E-state index contributed by atoms with van der Waals surface area (Å²) in [5.41, 5.74) is 0.752. The maximum atomic E-state index is 11.0. The van der Waals surface area contributed by atoms with Crippen LogP contribution in [0.4, 0.5) is 5.13 Å². The fourth-order valence-corrected chi connectivity index (χ4v) is 1.89. The van der Waals surface area contributed by atoms with Crippen molar-refractivity contribution < 1.29 is 9.53 Å². The molecule has 0 radical (unpaired) electrons. The first-order chi connectivity index (χ1) is 6.26. The highest BCUT2D eigenvalue weighted by molar-refractivity contribution is 14.1. The van der Waals surface area contributed by atoms with Gasteiger partial charge in [0.1, 0.15) is 0 Å². The van der Waals surface area contributed by atoms with Crippen molar-refractivity contribution in [3.05, 3.63) is 11.1 Å². The Bertz CT molecular complexity index is 290. The smallest absolute Gasteiger partial charge is 0.311 e. The second-order valence-corrected chi connectivity index (χ2v) is 3.62. The van der Waals surface area contributed by atoms with Crippen molar-refractivity contribution in [3.63, 3.8) is 0 Å². The number of aromatic nitrogens is 1. The van der Waals surface area contributed by atoms with Crippen LogP contribution < -0.4 is 3.53 Å². The minimum atomic E-state index is -0.229. The number of rotatable bonds is 4. The van der Waals surface area contributed by atoms with Gasteiger partial charge in [-0.2, -0.15) is 0 Å². The third kappa shape index (κ3) is 3.47. The van der Waals surface area contributed by atoms with E-state index in [1.54, 1.807) is 6.92 Å². The number of carbonyl (C=O) groups excluding carboxylic acids is 1. The van der Waals surface area contributed by atoms with E-state index in [1.165, 1.54) is 11.3 Å². The number of esters is 1. The lowest BCUT2D eigenvalue weighted by Crippen LogP contribution is -2.07. The van der Waals surface area contributed by atoms with E-state index in [1.807, 2.05) is 28.2 Å². The summed E-state index contributed by atoms with van der Waals surface area (Å²) in [4.78, 5) is 15.2. The highest BCUT2D eigenvalue weighted by atomic mass is 127. The van der Waals surface area contributed by atoms with Gasteiger partial charge in [-0.15, -0.1) is 11.3 Å². The first kappa shape index (κ1) is 10.7. The molecule has 13 heavy (non-hydrogen) atoms. The van der Waals surface area contributed by atoms with Crippen LogP contribution in [0.1, 0.15) is 12.6 Å². The van der Waals surface area contributed by atoms with Crippen molar-refractivity contribution >= 4 is 45.3 Å². The van der Waals surface area contributed by atoms with Crippen LogP contribution in [-0.4, -0.2) is 17.6 Å². The summed E-state index contributed by atoms with van der Waals surface area (Å²) in [5, 5.41) is 2.65. The van der Waals surface area contributed by atoms with Gasteiger partial charge in [-0.3, -0.25) is 4.79 Å². The van der Waals surface area contributed by atoms with Gasteiger partial charge in [-0.05, 0) is 6.92 Å². The number of thiazole rings is 1. The SMILES string of the molecule is CCOC(=O)Cc1csc(NI)n1. The summed E-state index contributed by atoms with van der Waals surface area (Å²) < 4.78 is 7.67. The lowest BCUT2D eigenvalue weighted by molar-refractivity contribution is -0.142. The standard InChI is InChI=1S/C7H9IN2O2S/c1-2-12-6(11)3-5-4-13-7(9-5)10-8/h4H,2-3H2,1H3,(H,9,10). The molecule has 1 rings (SSSR count). The molecule has 1 N–H and O–H groups in total. The Morgan fingerprint density at radius 3 is 3.15 bits per heavy atom. The molecular formula is C7H9IN2O2S. The van der Waals surface area contributed by atoms with Crippen LogP contribution in [0.2, 0.25) is 0 Å². The van der Waals surface area contributed by atoms with Crippen molar-refractivity contribution in [2.45, 2.75) is 13.3 Å². The van der Waals surface area contributed by atoms with Gasteiger partial charge in [0.2, 0.25) is 0 Å². The second kappa shape index (κ2) is 5.38. The number of hydrogen-bond acceptors (Lipinski definition) is 5. The number of nitrogens with zero attached hydrogens (tertiary/aromatic N) is 1. The lowest BCUT2D eigenvalue weighted by Gasteiger charge is -1.97. The minimum absolute atomic E-state index is 0.229. The minimum Gasteiger partial charge on any atom is -0.466 e. The Hall–Kier alpha value is -0.370. The van der Waals surface area contributed by atoms with Gasteiger partial charge >= 0.3 is 5.97 Å². The topological polar surface area (TPSA) is 51.2 Å². The molecule has 0 saturated carbocycles. The van der Waals surface area contributed by atoms with Crippen molar-refractivity contribution in [2.24, 2.45) is 0 Å². The molecule has 1 aromatic heterocycles. The van der Waals surface area contributed by atoms with E-state index in [9.17, 15) is 4.79 Å². The first-order valence-corrected chi connectivity index (χ1v) is 5.68. The number of carbonyl (C=O) groups is 1. The highest BCUT2D eigenvalue weighted by Gasteiger charge is 2.07. The normalized spacial score (nSPS) is 9.69. The molecule has 1 heterocycles. The number of ether oxygens (including phenoxy) is 1. The Kier molecular flexibility index (Phi) is 4.43. The van der Waals surface area contributed by atoms with Crippen molar-refractivity contribution in [3.8, 4) is 0 Å². The molecular weight excluding hydrogens is 303 g/mol. The van der Waals surface area contributed by atoms with Gasteiger partial charge in [0, 0.05) is 5.38 Å². The molecule has 0 amide bonds. The van der Waals surface area contributed by atoms with Crippen LogP contribution in [0.3, 0.4) is 0 Å². The molecule has 0 aliphatic rings. The van der Waals surface area contributed by atoms with Crippen molar-refractivity contribution in [1.82, 2.24) is 4.98 Å². The molecule has 0 aliphatic carbocycles. The number of hydrogen-bond donors (Lipinski definition) is 1. The molecule has 6 heteroatoms. The average molecular weight is 312 g/mol. The van der Waals surface area contributed by atoms with Gasteiger partial charge in [0.05, 0.1) is 41.6 Å². The summed E-state index contributed by atoms with van der Waals surface area (Å²) in [6, 6.07) is 0. The van der Waals surface area contributed by atoms with Crippen LogP contribution >= 0.6 is 34.2 Å². The largest absolute Gasteiger partial charge is 0.466 e. The van der Waals surface area contributed by atoms with Gasteiger partial charge < -0.3 is 8.27 Å². The Morgan fingerprint density at radius 1 is 1.85 bits per heavy atom. The Balaban J connectivity index is 2.49. The third-order valence-corrected chi connectivity index (χ3v) is 2.95. The molecule has 0 spiro atoms. The maximum Gasteiger partial charge on any atom is 0.311 e. The molecule has 0 aliphatic heterocycles. The van der Waals surface area contributed by atoms with E-state index in [4.69, 9.17) is 4.74 Å². The number of nitrogens with one attached hydrogen (secondary N) is 1. The van der Waals surface area contributed by atoms with E-state index in [0.29, 0.717) is 6.61 Å². The van der Waals surface area contributed by atoms with Crippen LogP contribution in [0.5, 0.6) is 0 Å². The number of halogens is 1. The maximum absolute atomic E-state index is 11.0. The fraction of sp³-hybridized carbons (Fsp3) is 0.429. The molecule has 1 aromatic rings. The molecule has 0 fully saturated rings. The van der Waals surface area contributed by atoms with E-state index in [-0.39, 0.29) is 12.4 Å². The van der Waals surface area contributed by atoms with Gasteiger partial charge in [-0.25, -0.2) is 4.98 Å². The third-order valence-electron chi connectivity index (χ3n) is 1.26. The monoisotopic (exact) mass is 312 g/mol. The van der Waals surface area contributed by atoms with Crippen LogP contribution in [0.25, 0.3) is 0 Å². The van der Waals surface area contributed by atoms with Crippen LogP contribution in [-0.2, 0) is 16.0 Å². The lowest BCUT2D eigenvalue weighted by atomic mass is 10.3. The van der Waals surface area contributed by atoms with Crippen molar-refractivity contribution in [2.75, 3.05) is 10.1 Å². The first-order valence-electron chi connectivity index (χ1n) is 3.73. The molecule has 0 unspecified atom stereocenters. The van der Waals surface area contributed by atoms with Crippen LogP contribution in [0, 0.1) is 0 Å². The zero-order valence-corrected chi connectivity index (χ0v) is 10.0. The summed E-state index contributed by atoms with van der Waals surface area (Å²) >= 11 is 3.47. The average Bonchev–Trinajstić information content (AvgIpc) is 2.52. The Morgan fingerprint density at radius 2 is 2.62 bits per heavy atom. The predicted molar refractivity (Wildman–Crippen MR) is 60.1 cm³/mol. The molecule has 72 valence electrons. The second-order valence-electron chi connectivity index (χ2n) is 2.22. The summed E-state index contributed by atoms with van der Waals surface area (Å²) in [6.07, 6.45) is 0.253. The Labute approximate surface area is 94.2 Å². The molecule has 0 aromatic carbocycles. The zero-order valence-electron chi connectivity index (χ0n) is 7.04. The fourth-order valence-electron chi connectivity index (χ4n) is 0.791. The summed E-state index contributed by atoms with van der Waals surface area (Å²) in [5.74, 6) is -0.229. The van der Waals surface area contributed by atoms with Gasteiger partial charge in [0.15, 0.2) is 5.13 Å². The summed E-state index contributed by atoms with van der Waals surface area (Å²) in [7, 11) is 0. The number of anilines is 1. The van der Waals surface area contributed by atoms with E-state index < -0.39 is 0 Å². The van der Waals surface area contributed by atoms with Crippen molar-refractivity contribution in [1.29, 1.82) is 0 Å². The quantitative estimate of drug-likeness (QED) is 0.525. The zero-order chi connectivity index (χ0) is 9.68. The van der Waals surface area contributed by atoms with Gasteiger partial charge in [0.25, 0.3) is 0 Å². The van der Waals surface area contributed by atoms with Gasteiger partial charge in [-0.1, -0.05) is 0 Å². The molecule has 0 saturated heterocycles. The summed E-state index contributed by atoms with van der Waals surface area (Å²) in [6.45, 7) is 2.21. The molecule has 0 atom stereocenters. The van der Waals surface area contributed by atoms with E-state index in [2.05, 4.69) is 8.51 Å². The molecule has 0 bridgehead atoms. The van der Waals surface area contributed by atoms with E-state index >= 15 is 0 Å². The molecule has 4 nitrogen and oxygen atoms in total. The van der Waals surface area contributed by atoms with E-state index in [0.717, 1.165) is 10.8 Å². The predicted octanol–water partition coefficient (Wildman–Crippen LogP) is 2.01. The highest BCUT2D eigenvalue weighted by Crippen LogP contribution is 2.17.